The highest BCUT2D eigenvalue weighted by Crippen LogP contribution is 2.29. The lowest BCUT2D eigenvalue weighted by Crippen LogP contribution is -2.30. The third kappa shape index (κ3) is 6.50. The summed E-state index contributed by atoms with van der Waals surface area (Å²) in [6, 6.07) is 11.9. The van der Waals surface area contributed by atoms with E-state index in [0.29, 0.717) is 29.4 Å². The number of amides is 1. The topological polar surface area (TPSA) is 83.1 Å². The Hall–Kier alpha value is -3.06. The Balaban J connectivity index is 1.94. The minimum atomic E-state index is -0.973. The molecule has 1 N–H and O–H groups in total. The Morgan fingerprint density at radius 3 is 2.17 bits per heavy atom. The van der Waals surface area contributed by atoms with Crippen LogP contribution in [0.15, 0.2) is 42.5 Å². The van der Waals surface area contributed by atoms with E-state index in [1.54, 1.807) is 42.5 Å². The van der Waals surface area contributed by atoms with Crippen LogP contribution >= 0.6 is 0 Å². The summed E-state index contributed by atoms with van der Waals surface area (Å²) < 4.78 is 21.2. The van der Waals surface area contributed by atoms with Crippen molar-refractivity contribution in [1.82, 2.24) is 0 Å². The zero-order valence-corrected chi connectivity index (χ0v) is 17.4. The number of hydrogen-bond donors (Lipinski definition) is 1. The largest absolute Gasteiger partial charge is 0.493 e. The molecule has 1 amide bonds. The van der Waals surface area contributed by atoms with Crippen LogP contribution < -0.4 is 14.8 Å². The number of anilines is 1. The Bertz CT molecular complexity index is 832. The molecule has 2 aromatic rings. The van der Waals surface area contributed by atoms with Crippen LogP contribution in [0, 0.1) is 0 Å². The second kappa shape index (κ2) is 10.5. The summed E-state index contributed by atoms with van der Waals surface area (Å²) in [5.74, 6) is 0.00696. The van der Waals surface area contributed by atoms with E-state index in [2.05, 4.69) is 5.32 Å². The van der Waals surface area contributed by atoms with Gasteiger partial charge in [0, 0.05) is 11.8 Å². The van der Waals surface area contributed by atoms with Crippen molar-refractivity contribution in [3.05, 3.63) is 53.6 Å². The van der Waals surface area contributed by atoms with E-state index in [1.165, 1.54) is 21.1 Å². The molecular formula is C22H27NO6. The normalized spacial score (nSPS) is 11.7. The van der Waals surface area contributed by atoms with Crippen LogP contribution in [0.4, 0.5) is 5.69 Å². The quantitative estimate of drug-likeness (QED) is 0.644. The molecule has 0 aliphatic carbocycles. The van der Waals surface area contributed by atoms with Crippen molar-refractivity contribution in [1.29, 1.82) is 0 Å². The molecule has 0 heterocycles. The van der Waals surface area contributed by atoms with Gasteiger partial charge in [0.05, 0.1) is 32.5 Å². The van der Waals surface area contributed by atoms with Crippen LogP contribution in [0.25, 0.3) is 0 Å². The summed E-state index contributed by atoms with van der Waals surface area (Å²) in [7, 11) is 3.04. The molecule has 0 spiro atoms. The second-order valence-electron chi connectivity index (χ2n) is 6.66. The van der Waals surface area contributed by atoms with Gasteiger partial charge in [-0.15, -0.1) is 0 Å². The van der Waals surface area contributed by atoms with E-state index in [4.69, 9.17) is 18.9 Å². The number of carbonyl (C=O) groups is 2. The summed E-state index contributed by atoms with van der Waals surface area (Å²) in [5.41, 5.74) is 1.82. The number of carbonyl (C=O) groups excluding carboxylic acids is 2. The van der Waals surface area contributed by atoms with E-state index in [-0.39, 0.29) is 6.10 Å². The average Bonchev–Trinajstić information content (AvgIpc) is 2.72. The van der Waals surface area contributed by atoms with Crippen LogP contribution in [0.1, 0.15) is 36.7 Å². The van der Waals surface area contributed by atoms with Crippen molar-refractivity contribution < 1.29 is 28.5 Å². The molecule has 2 rings (SSSR count). The molecule has 29 heavy (non-hydrogen) atoms. The van der Waals surface area contributed by atoms with Crippen LogP contribution in [0.2, 0.25) is 0 Å². The molecule has 156 valence electrons. The fourth-order valence-corrected chi connectivity index (χ4v) is 2.44. The fourth-order valence-electron chi connectivity index (χ4n) is 2.44. The van der Waals surface area contributed by atoms with Crippen LogP contribution in [-0.4, -0.2) is 38.3 Å². The van der Waals surface area contributed by atoms with E-state index < -0.39 is 18.0 Å². The van der Waals surface area contributed by atoms with Gasteiger partial charge < -0.3 is 24.3 Å². The number of esters is 1. The number of rotatable bonds is 9. The molecular weight excluding hydrogens is 374 g/mol. The number of nitrogens with one attached hydrogen (secondary N) is 1. The smallest absolute Gasteiger partial charge is 0.338 e. The van der Waals surface area contributed by atoms with Gasteiger partial charge in [0.25, 0.3) is 5.91 Å². The number of ether oxygens (including phenoxy) is 4. The predicted molar refractivity (Wildman–Crippen MR) is 109 cm³/mol. The van der Waals surface area contributed by atoms with Crippen LogP contribution in [-0.2, 0) is 20.9 Å². The summed E-state index contributed by atoms with van der Waals surface area (Å²) in [6.07, 6.45) is -0.843. The Morgan fingerprint density at radius 2 is 1.59 bits per heavy atom. The van der Waals surface area contributed by atoms with Crippen LogP contribution in [0.5, 0.6) is 11.5 Å². The zero-order chi connectivity index (χ0) is 21.4. The molecule has 0 aliphatic heterocycles. The zero-order valence-electron chi connectivity index (χ0n) is 17.4. The van der Waals surface area contributed by atoms with Crippen molar-refractivity contribution in [3.8, 4) is 11.5 Å². The number of benzene rings is 2. The SMILES string of the molecule is COc1ccc(NC(=O)[C@@H](C)OC(=O)c2ccc(COC(C)C)cc2)cc1OC. The molecule has 0 saturated heterocycles. The lowest BCUT2D eigenvalue weighted by Gasteiger charge is -2.15. The minimum Gasteiger partial charge on any atom is -0.493 e. The van der Waals surface area contributed by atoms with Crippen molar-refractivity contribution in [2.75, 3.05) is 19.5 Å². The molecule has 0 radical (unpaired) electrons. The maximum Gasteiger partial charge on any atom is 0.338 e. The van der Waals surface area contributed by atoms with Gasteiger partial charge in [-0.3, -0.25) is 4.79 Å². The predicted octanol–water partition coefficient (Wildman–Crippen LogP) is 3.81. The molecule has 1 atom stereocenters. The molecule has 2 aromatic carbocycles. The standard InChI is InChI=1S/C22H27NO6/c1-14(2)28-13-16-6-8-17(9-7-16)22(25)29-15(3)21(24)23-18-10-11-19(26-4)20(12-18)27-5/h6-12,14-15H,13H2,1-5H3,(H,23,24)/t15-/m1/s1. The van der Waals surface area contributed by atoms with Crippen molar-refractivity contribution in [3.63, 3.8) is 0 Å². The first kappa shape index (κ1) is 22.2. The van der Waals surface area contributed by atoms with Crippen LogP contribution in [0.3, 0.4) is 0 Å². The maximum atomic E-state index is 12.4. The maximum absolute atomic E-state index is 12.4. The first-order valence-corrected chi connectivity index (χ1v) is 9.28. The molecule has 0 unspecified atom stereocenters. The second-order valence-corrected chi connectivity index (χ2v) is 6.66. The van der Waals surface area contributed by atoms with Gasteiger partial charge in [0.15, 0.2) is 17.6 Å². The average molecular weight is 401 g/mol. The molecule has 0 fully saturated rings. The fraction of sp³-hybridized carbons (Fsp3) is 0.364. The molecule has 0 aliphatic rings. The van der Waals surface area contributed by atoms with Gasteiger partial charge in [0.1, 0.15) is 0 Å². The van der Waals surface area contributed by atoms with E-state index in [9.17, 15) is 9.59 Å². The summed E-state index contributed by atoms with van der Waals surface area (Å²) in [5, 5.41) is 2.69. The van der Waals surface area contributed by atoms with Gasteiger partial charge in [0.2, 0.25) is 0 Å². The Labute approximate surface area is 170 Å². The van der Waals surface area contributed by atoms with Crippen molar-refractivity contribution >= 4 is 17.6 Å². The first-order chi connectivity index (χ1) is 13.8. The van der Waals surface area contributed by atoms with Gasteiger partial charge in [-0.25, -0.2) is 4.79 Å². The third-order valence-corrected chi connectivity index (χ3v) is 4.08. The molecule has 0 saturated carbocycles. The third-order valence-electron chi connectivity index (χ3n) is 4.08. The minimum absolute atomic E-state index is 0.129. The van der Waals surface area contributed by atoms with E-state index >= 15 is 0 Å². The highest BCUT2D eigenvalue weighted by Gasteiger charge is 2.19. The van der Waals surface area contributed by atoms with E-state index in [0.717, 1.165) is 5.56 Å². The summed E-state index contributed by atoms with van der Waals surface area (Å²) >= 11 is 0. The van der Waals surface area contributed by atoms with Crippen molar-refractivity contribution in [2.45, 2.75) is 39.6 Å². The van der Waals surface area contributed by atoms with Gasteiger partial charge >= 0.3 is 5.97 Å². The number of hydrogen-bond acceptors (Lipinski definition) is 6. The highest BCUT2D eigenvalue weighted by atomic mass is 16.5. The number of methoxy groups -OCH3 is 2. The summed E-state index contributed by atoms with van der Waals surface area (Å²) in [6.45, 7) is 5.90. The molecule has 7 heteroatoms. The van der Waals surface area contributed by atoms with Gasteiger partial charge in [-0.2, -0.15) is 0 Å². The van der Waals surface area contributed by atoms with Gasteiger partial charge in [-0.1, -0.05) is 12.1 Å². The molecule has 7 nitrogen and oxygen atoms in total. The lowest BCUT2D eigenvalue weighted by atomic mass is 10.1. The monoisotopic (exact) mass is 401 g/mol. The first-order valence-electron chi connectivity index (χ1n) is 9.28. The highest BCUT2D eigenvalue weighted by molar-refractivity contribution is 5.97. The summed E-state index contributed by atoms with van der Waals surface area (Å²) in [4.78, 5) is 24.7. The Kier molecular flexibility index (Phi) is 8.03. The Morgan fingerprint density at radius 1 is 0.931 bits per heavy atom. The van der Waals surface area contributed by atoms with Crippen molar-refractivity contribution in [2.24, 2.45) is 0 Å². The van der Waals surface area contributed by atoms with E-state index in [1.807, 2.05) is 13.8 Å². The van der Waals surface area contributed by atoms with Gasteiger partial charge in [-0.05, 0) is 50.6 Å². The lowest BCUT2D eigenvalue weighted by molar-refractivity contribution is -0.123. The molecule has 0 aromatic heterocycles. The molecule has 0 bridgehead atoms.